The van der Waals surface area contributed by atoms with Crippen molar-refractivity contribution in [1.29, 1.82) is 0 Å². The SMILES string of the molecule is CCCCCCCCCCCCCCCCCCCCCCCCCC(=O)OC(COC(=O)CCCCCC)COP(=O)(O)OCC(O)CO. The molecule has 3 N–H and O–H groups in total. The first kappa shape index (κ1) is 49.0. The summed E-state index contributed by atoms with van der Waals surface area (Å²) in [6, 6.07) is 0. The number of rotatable bonds is 39. The summed E-state index contributed by atoms with van der Waals surface area (Å²) in [5.74, 6) is -0.933. The van der Waals surface area contributed by atoms with Crippen LogP contribution in [0.4, 0.5) is 0 Å². The summed E-state index contributed by atoms with van der Waals surface area (Å²) in [6.45, 7) is 2.26. The van der Waals surface area contributed by atoms with Crippen LogP contribution in [-0.2, 0) is 32.7 Å². The summed E-state index contributed by atoms with van der Waals surface area (Å²) in [4.78, 5) is 34.5. The molecule has 0 amide bonds. The van der Waals surface area contributed by atoms with E-state index in [9.17, 15) is 24.2 Å². The molecule has 3 unspecified atom stereocenters. The highest BCUT2D eigenvalue weighted by Crippen LogP contribution is 2.43. The van der Waals surface area contributed by atoms with Crippen molar-refractivity contribution in [2.75, 3.05) is 26.4 Å². The first-order valence-corrected chi connectivity index (χ1v) is 22.0. The number of hydrogen-bond acceptors (Lipinski definition) is 9. The van der Waals surface area contributed by atoms with Gasteiger partial charge in [0.2, 0.25) is 0 Å². The molecule has 0 spiro atoms. The highest BCUT2D eigenvalue weighted by Gasteiger charge is 2.27. The average molecular weight is 737 g/mol. The van der Waals surface area contributed by atoms with Crippen molar-refractivity contribution in [2.45, 2.75) is 212 Å². The van der Waals surface area contributed by atoms with Crippen LogP contribution in [0, 0.1) is 0 Å². The summed E-state index contributed by atoms with van der Waals surface area (Å²) in [5, 5.41) is 18.2. The Morgan fingerprint density at radius 2 is 0.860 bits per heavy atom. The second-order valence-electron chi connectivity index (χ2n) is 14.0. The predicted octanol–water partition coefficient (Wildman–Crippen LogP) is 10.3. The van der Waals surface area contributed by atoms with Gasteiger partial charge in [0.25, 0.3) is 0 Å². The monoisotopic (exact) mass is 737 g/mol. The fourth-order valence-electron chi connectivity index (χ4n) is 5.82. The summed E-state index contributed by atoms with van der Waals surface area (Å²) < 4.78 is 32.3. The third-order valence-electron chi connectivity index (χ3n) is 9.01. The molecule has 3 atom stereocenters. The molecule has 0 aliphatic carbocycles. The third kappa shape index (κ3) is 35.4. The van der Waals surface area contributed by atoms with Crippen LogP contribution in [0.15, 0.2) is 0 Å². The molecule has 0 saturated carbocycles. The minimum atomic E-state index is -4.59. The first-order valence-electron chi connectivity index (χ1n) is 20.5. The Labute approximate surface area is 305 Å². The summed E-state index contributed by atoms with van der Waals surface area (Å²) in [6.07, 6.45) is 31.6. The van der Waals surface area contributed by atoms with E-state index in [0.717, 1.165) is 38.5 Å². The van der Waals surface area contributed by atoms with Gasteiger partial charge >= 0.3 is 19.8 Å². The van der Waals surface area contributed by atoms with Gasteiger partial charge in [-0.15, -0.1) is 0 Å². The molecule has 50 heavy (non-hydrogen) atoms. The maximum Gasteiger partial charge on any atom is 0.472 e. The third-order valence-corrected chi connectivity index (χ3v) is 9.96. The molecule has 298 valence electrons. The summed E-state index contributed by atoms with van der Waals surface area (Å²) in [5.41, 5.74) is 0. The van der Waals surface area contributed by atoms with Gasteiger partial charge in [0.1, 0.15) is 12.7 Å². The van der Waals surface area contributed by atoms with Gasteiger partial charge in [-0.25, -0.2) is 4.57 Å². The van der Waals surface area contributed by atoms with Gasteiger partial charge in [-0.1, -0.05) is 174 Å². The lowest BCUT2D eigenvalue weighted by Crippen LogP contribution is -2.29. The highest BCUT2D eigenvalue weighted by molar-refractivity contribution is 7.47. The van der Waals surface area contributed by atoms with Crippen molar-refractivity contribution >= 4 is 19.8 Å². The van der Waals surface area contributed by atoms with E-state index in [1.807, 2.05) is 0 Å². The van der Waals surface area contributed by atoms with Gasteiger partial charge in [-0.3, -0.25) is 18.6 Å². The van der Waals surface area contributed by atoms with Crippen LogP contribution in [-0.4, -0.2) is 65.7 Å². The molecule has 0 aromatic carbocycles. The summed E-state index contributed by atoms with van der Waals surface area (Å²) >= 11 is 0. The summed E-state index contributed by atoms with van der Waals surface area (Å²) in [7, 11) is -4.59. The number of unbranched alkanes of at least 4 members (excludes halogenated alkanes) is 25. The zero-order valence-corrected chi connectivity index (χ0v) is 33.0. The van der Waals surface area contributed by atoms with Crippen LogP contribution in [0.25, 0.3) is 0 Å². The van der Waals surface area contributed by atoms with Gasteiger partial charge in [0.05, 0.1) is 19.8 Å². The molecule has 0 rings (SSSR count). The van der Waals surface area contributed by atoms with Gasteiger partial charge in [0, 0.05) is 12.8 Å². The number of phosphoric acid groups is 1. The molecule has 0 saturated heterocycles. The number of aliphatic hydroxyl groups is 2. The molecule has 0 bridgehead atoms. The average Bonchev–Trinajstić information content (AvgIpc) is 3.10. The normalized spacial score (nSPS) is 13.9. The second kappa shape index (κ2) is 36.3. The molecule has 0 aliphatic heterocycles. The largest absolute Gasteiger partial charge is 0.472 e. The van der Waals surface area contributed by atoms with Crippen LogP contribution in [0.2, 0.25) is 0 Å². The van der Waals surface area contributed by atoms with E-state index in [-0.39, 0.29) is 19.4 Å². The molecule has 0 aliphatic rings. The predicted molar refractivity (Wildman–Crippen MR) is 201 cm³/mol. The van der Waals surface area contributed by atoms with Crippen molar-refractivity contribution < 1.29 is 47.8 Å². The second-order valence-corrected chi connectivity index (χ2v) is 15.5. The smallest absolute Gasteiger partial charge is 0.462 e. The maximum atomic E-state index is 12.5. The van der Waals surface area contributed by atoms with Gasteiger partial charge < -0.3 is 24.6 Å². The molecule has 0 heterocycles. The Bertz CT molecular complexity index is 812. The molecule has 11 heteroatoms. The number of esters is 2. The van der Waals surface area contributed by atoms with E-state index in [4.69, 9.17) is 19.1 Å². The fraction of sp³-hybridized carbons (Fsp3) is 0.949. The van der Waals surface area contributed by atoms with E-state index >= 15 is 0 Å². The Morgan fingerprint density at radius 1 is 0.520 bits per heavy atom. The Hall–Kier alpha value is -1.03. The lowest BCUT2D eigenvalue weighted by Gasteiger charge is -2.20. The van der Waals surface area contributed by atoms with Crippen LogP contribution < -0.4 is 0 Å². The Kier molecular flexibility index (Phi) is 35.6. The van der Waals surface area contributed by atoms with E-state index < -0.39 is 51.8 Å². The zero-order chi connectivity index (χ0) is 37.0. The van der Waals surface area contributed by atoms with Gasteiger partial charge in [-0.2, -0.15) is 0 Å². The van der Waals surface area contributed by atoms with Crippen molar-refractivity contribution in [3.8, 4) is 0 Å². The van der Waals surface area contributed by atoms with Crippen molar-refractivity contribution in [3.05, 3.63) is 0 Å². The maximum absolute atomic E-state index is 12.5. The van der Waals surface area contributed by atoms with Crippen molar-refractivity contribution in [1.82, 2.24) is 0 Å². The first-order chi connectivity index (χ1) is 24.2. The lowest BCUT2D eigenvalue weighted by atomic mass is 10.0. The van der Waals surface area contributed by atoms with Crippen molar-refractivity contribution in [3.63, 3.8) is 0 Å². The van der Waals surface area contributed by atoms with Gasteiger partial charge in [-0.05, 0) is 12.8 Å². The van der Waals surface area contributed by atoms with Crippen molar-refractivity contribution in [2.24, 2.45) is 0 Å². The number of phosphoric ester groups is 1. The standard InChI is InChI=1S/C39H77O10P/c1-3-5-7-9-10-11-12-13-14-15-16-17-18-19-20-21-22-23-24-25-26-27-29-31-39(43)49-37(34-46-38(42)30-28-8-6-4-2)35-48-50(44,45)47-33-36(41)32-40/h36-37,40-41H,3-35H2,1-2H3,(H,44,45). The lowest BCUT2D eigenvalue weighted by molar-refractivity contribution is -0.161. The quantitative estimate of drug-likeness (QED) is 0.0316. The Balaban J connectivity index is 3.95. The van der Waals surface area contributed by atoms with E-state index in [1.165, 1.54) is 122 Å². The molecular formula is C39H77O10P. The molecule has 0 radical (unpaired) electrons. The zero-order valence-electron chi connectivity index (χ0n) is 32.1. The number of hydrogen-bond donors (Lipinski definition) is 3. The van der Waals surface area contributed by atoms with E-state index in [0.29, 0.717) is 12.8 Å². The fourth-order valence-corrected chi connectivity index (χ4v) is 6.61. The molecule has 0 aromatic rings. The molecule has 0 aromatic heterocycles. The Morgan fingerprint density at radius 3 is 1.26 bits per heavy atom. The van der Waals surface area contributed by atoms with Crippen LogP contribution in [0.5, 0.6) is 0 Å². The van der Waals surface area contributed by atoms with Gasteiger partial charge in [0.15, 0.2) is 6.10 Å². The number of carbonyl (C=O) groups excluding carboxylic acids is 2. The topological polar surface area (TPSA) is 149 Å². The number of ether oxygens (including phenoxy) is 2. The number of carbonyl (C=O) groups is 2. The van der Waals surface area contributed by atoms with Crippen LogP contribution >= 0.6 is 7.82 Å². The minimum absolute atomic E-state index is 0.191. The molecular weight excluding hydrogens is 659 g/mol. The van der Waals surface area contributed by atoms with E-state index in [1.54, 1.807) is 0 Å². The minimum Gasteiger partial charge on any atom is -0.462 e. The van der Waals surface area contributed by atoms with Crippen LogP contribution in [0.3, 0.4) is 0 Å². The highest BCUT2D eigenvalue weighted by atomic mass is 31.2. The van der Waals surface area contributed by atoms with Crippen LogP contribution in [0.1, 0.15) is 200 Å². The van der Waals surface area contributed by atoms with E-state index in [2.05, 4.69) is 18.4 Å². The molecule has 10 nitrogen and oxygen atoms in total. The molecule has 0 fully saturated rings. The number of aliphatic hydroxyl groups excluding tert-OH is 2.